The van der Waals surface area contributed by atoms with Crippen LogP contribution >= 0.6 is 0 Å². The number of H-pyrrole nitrogens is 1. The molecule has 0 saturated carbocycles. The first-order valence-corrected chi connectivity index (χ1v) is 7.06. The zero-order chi connectivity index (χ0) is 13.2. The number of nitrogens with one attached hydrogen (secondary N) is 1. The van der Waals surface area contributed by atoms with Crippen LogP contribution < -0.4 is 0 Å². The van der Waals surface area contributed by atoms with Crippen molar-refractivity contribution in [2.45, 2.75) is 38.7 Å². The lowest BCUT2D eigenvalue weighted by atomic mass is 9.98. The number of aromatic amines is 1. The molecule has 19 heavy (non-hydrogen) atoms. The van der Waals surface area contributed by atoms with E-state index in [1.807, 2.05) is 18.3 Å². The van der Waals surface area contributed by atoms with Crippen molar-refractivity contribution in [2.24, 2.45) is 0 Å². The largest absolute Gasteiger partial charge is 0.370 e. The zero-order valence-electron chi connectivity index (χ0n) is 11.2. The summed E-state index contributed by atoms with van der Waals surface area (Å²) in [5.41, 5.74) is 3.11. The van der Waals surface area contributed by atoms with E-state index in [4.69, 9.17) is 4.74 Å². The number of ether oxygens (including phenoxy) is 1. The fourth-order valence-electron chi connectivity index (χ4n) is 2.84. The molecule has 1 saturated heterocycles. The molecule has 0 aliphatic carbocycles. The van der Waals surface area contributed by atoms with Gasteiger partial charge in [0.15, 0.2) is 5.78 Å². The predicted molar refractivity (Wildman–Crippen MR) is 75.6 cm³/mol. The molecule has 0 amide bonds. The lowest BCUT2D eigenvalue weighted by Gasteiger charge is -2.21. The highest BCUT2D eigenvalue weighted by molar-refractivity contribution is 6.10. The van der Waals surface area contributed by atoms with Gasteiger partial charge in [0, 0.05) is 29.3 Å². The van der Waals surface area contributed by atoms with E-state index in [-0.39, 0.29) is 11.9 Å². The molecule has 1 atom stereocenters. The average molecular weight is 257 g/mol. The lowest BCUT2D eigenvalue weighted by molar-refractivity contribution is 0.0188. The van der Waals surface area contributed by atoms with Crippen LogP contribution in [0.25, 0.3) is 10.9 Å². The fourth-order valence-corrected chi connectivity index (χ4v) is 2.84. The third-order valence-electron chi connectivity index (χ3n) is 3.92. The van der Waals surface area contributed by atoms with Crippen molar-refractivity contribution in [2.75, 3.05) is 6.61 Å². The highest BCUT2D eigenvalue weighted by atomic mass is 16.5. The minimum absolute atomic E-state index is 0.124. The first-order valence-electron chi connectivity index (χ1n) is 7.06. The Morgan fingerprint density at radius 2 is 2.32 bits per heavy atom. The van der Waals surface area contributed by atoms with Crippen LogP contribution in [0.2, 0.25) is 0 Å². The molecular weight excluding hydrogens is 238 g/mol. The van der Waals surface area contributed by atoms with Crippen LogP contribution in [0.5, 0.6) is 0 Å². The van der Waals surface area contributed by atoms with Crippen molar-refractivity contribution in [1.29, 1.82) is 0 Å². The van der Waals surface area contributed by atoms with Crippen LogP contribution in [0.15, 0.2) is 24.4 Å². The summed E-state index contributed by atoms with van der Waals surface area (Å²) in [5, 5.41) is 1.03. The minimum atomic E-state index is -0.252. The quantitative estimate of drug-likeness (QED) is 0.855. The number of rotatable bonds is 3. The number of para-hydroxylation sites is 1. The third-order valence-corrected chi connectivity index (χ3v) is 3.92. The van der Waals surface area contributed by atoms with Gasteiger partial charge in [0.1, 0.15) is 6.10 Å². The van der Waals surface area contributed by atoms with Gasteiger partial charge in [0.25, 0.3) is 0 Å². The van der Waals surface area contributed by atoms with Crippen molar-refractivity contribution in [1.82, 2.24) is 4.98 Å². The summed E-state index contributed by atoms with van der Waals surface area (Å²) in [6, 6.07) is 6.14. The summed E-state index contributed by atoms with van der Waals surface area (Å²) < 4.78 is 5.61. The molecule has 1 N–H and O–H groups in total. The van der Waals surface area contributed by atoms with E-state index in [2.05, 4.69) is 18.0 Å². The summed E-state index contributed by atoms with van der Waals surface area (Å²) in [6.45, 7) is 2.83. The summed E-state index contributed by atoms with van der Waals surface area (Å²) in [5.74, 6) is 0.124. The Labute approximate surface area is 113 Å². The summed E-state index contributed by atoms with van der Waals surface area (Å²) in [7, 11) is 0. The van der Waals surface area contributed by atoms with Crippen LogP contribution in [0.3, 0.4) is 0 Å². The molecule has 0 spiro atoms. The number of carbonyl (C=O) groups is 1. The van der Waals surface area contributed by atoms with Gasteiger partial charge in [-0.3, -0.25) is 4.79 Å². The van der Waals surface area contributed by atoms with Gasteiger partial charge in [0.2, 0.25) is 0 Å². The molecule has 3 rings (SSSR count). The van der Waals surface area contributed by atoms with Crippen LogP contribution in [0, 0.1) is 0 Å². The van der Waals surface area contributed by atoms with E-state index in [9.17, 15) is 4.79 Å². The molecule has 2 heterocycles. The Hall–Kier alpha value is -1.61. The molecular formula is C16H19NO2. The SMILES string of the molecule is CCc1cccc2c(C(=O)C3CCCCO3)c[nH]c12. The van der Waals surface area contributed by atoms with E-state index in [1.54, 1.807) is 0 Å². The van der Waals surface area contributed by atoms with Gasteiger partial charge in [-0.15, -0.1) is 0 Å². The average Bonchev–Trinajstić information content (AvgIpc) is 2.91. The van der Waals surface area contributed by atoms with Gasteiger partial charge in [-0.25, -0.2) is 0 Å². The van der Waals surface area contributed by atoms with Crippen LogP contribution in [-0.2, 0) is 11.2 Å². The van der Waals surface area contributed by atoms with Crippen LogP contribution in [0.1, 0.15) is 42.1 Å². The fraction of sp³-hybridized carbons (Fsp3) is 0.438. The van der Waals surface area contributed by atoms with Gasteiger partial charge in [-0.2, -0.15) is 0 Å². The van der Waals surface area contributed by atoms with E-state index >= 15 is 0 Å². The highest BCUT2D eigenvalue weighted by Gasteiger charge is 2.25. The number of carbonyl (C=O) groups excluding carboxylic acids is 1. The molecule has 0 bridgehead atoms. The number of Topliss-reactive ketones (excluding diaryl/α,β-unsaturated/α-hetero) is 1. The number of aromatic nitrogens is 1. The summed E-state index contributed by atoms with van der Waals surface area (Å²) >= 11 is 0. The molecule has 100 valence electrons. The Morgan fingerprint density at radius 3 is 3.05 bits per heavy atom. The van der Waals surface area contributed by atoms with E-state index in [1.165, 1.54) is 5.56 Å². The van der Waals surface area contributed by atoms with E-state index in [0.717, 1.165) is 42.1 Å². The Bertz CT molecular complexity index is 594. The lowest BCUT2D eigenvalue weighted by Crippen LogP contribution is -2.28. The van der Waals surface area contributed by atoms with Crippen molar-refractivity contribution in [3.8, 4) is 0 Å². The highest BCUT2D eigenvalue weighted by Crippen LogP contribution is 2.25. The molecule has 1 aliphatic rings. The maximum atomic E-state index is 12.5. The molecule has 1 unspecified atom stereocenters. The number of aryl methyl sites for hydroxylation is 1. The van der Waals surface area contributed by atoms with Gasteiger partial charge < -0.3 is 9.72 Å². The van der Waals surface area contributed by atoms with E-state index < -0.39 is 0 Å². The van der Waals surface area contributed by atoms with Crippen molar-refractivity contribution in [3.05, 3.63) is 35.5 Å². The Balaban J connectivity index is 1.98. The Morgan fingerprint density at radius 1 is 1.42 bits per heavy atom. The monoisotopic (exact) mass is 257 g/mol. The molecule has 3 heteroatoms. The van der Waals surface area contributed by atoms with Crippen molar-refractivity contribution >= 4 is 16.7 Å². The molecule has 1 aliphatic heterocycles. The van der Waals surface area contributed by atoms with E-state index in [0.29, 0.717) is 6.61 Å². The molecule has 1 aromatic heterocycles. The molecule has 3 nitrogen and oxygen atoms in total. The molecule has 2 aromatic rings. The maximum absolute atomic E-state index is 12.5. The molecule has 1 fully saturated rings. The van der Waals surface area contributed by atoms with Crippen molar-refractivity contribution in [3.63, 3.8) is 0 Å². The standard InChI is InChI=1S/C16H19NO2/c1-2-11-6-5-7-12-13(10-17-15(11)12)16(18)14-8-3-4-9-19-14/h5-7,10,14,17H,2-4,8-9H2,1H3. The number of hydrogen-bond acceptors (Lipinski definition) is 2. The van der Waals surface area contributed by atoms with Gasteiger partial charge >= 0.3 is 0 Å². The number of ketones is 1. The molecule has 1 aromatic carbocycles. The first kappa shape index (κ1) is 12.4. The van der Waals surface area contributed by atoms with Crippen LogP contribution in [-0.4, -0.2) is 23.5 Å². The van der Waals surface area contributed by atoms with Gasteiger partial charge in [0.05, 0.1) is 0 Å². The maximum Gasteiger partial charge on any atom is 0.193 e. The minimum Gasteiger partial charge on any atom is -0.370 e. The second-order valence-corrected chi connectivity index (χ2v) is 5.12. The second kappa shape index (κ2) is 5.17. The predicted octanol–water partition coefficient (Wildman–Crippen LogP) is 3.48. The third kappa shape index (κ3) is 2.19. The van der Waals surface area contributed by atoms with Gasteiger partial charge in [-0.05, 0) is 31.2 Å². The number of benzene rings is 1. The number of fused-ring (bicyclic) bond motifs is 1. The van der Waals surface area contributed by atoms with Gasteiger partial charge in [-0.1, -0.05) is 25.1 Å². The number of hydrogen-bond donors (Lipinski definition) is 1. The Kier molecular flexibility index (Phi) is 3.38. The van der Waals surface area contributed by atoms with Crippen molar-refractivity contribution < 1.29 is 9.53 Å². The molecule has 0 radical (unpaired) electrons. The van der Waals surface area contributed by atoms with Crippen LogP contribution in [0.4, 0.5) is 0 Å². The zero-order valence-corrected chi connectivity index (χ0v) is 11.2. The topological polar surface area (TPSA) is 42.1 Å². The second-order valence-electron chi connectivity index (χ2n) is 5.12. The smallest absolute Gasteiger partial charge is 0.193 e. The normalized spacial score (nSPS) is 19.7. The first-order chi connectivity index (χ1) is 9.31. The summed E-state index contributed by atoms with van der Waals surface area (Å²) in [4.78, 5) is 15.8. The summed E-state index contributed by atoms with van der Waals surface area (Å²) in [6.07, 6.45) is 5.54.